The van der Waals surface area contributed by atoms with E-state index in [4.69, 9.17) is 5.11 Å². The minimum absolute atomic E-state index is 0.0966. The van der Waals surface area contributed by atoms with Gasteiger partial charge in [0.05, 0.1) is 17.4 Å². The second-order valence-electron chi connectivity index (χ2n) is 7.46. The highest BCUT2D eigenvalue weighted by Gasteiger charge is 2.44. The number of carboxylic acids is 1. The van der Waals surface area contributed by atoms with Crippen molar-refractivity contribution in [1.82, 2.24) is 25.2 Å². The zero-order valence-corrected chi connectivity index (χ0v) is 18.2. The van der Waals surface area contributed by atoms with Crippen LogP contribution in [0.25, 0.3) is 0 Å². The number of amides is 4. The number of aldehydes is 1. The van der Waals surface area contributed by atoms with E-state index >= 15 is 0 Å². The molecule has 3 N–H and O–H groups in total. The first kappa shape index (κ1) is 24.1. The maximum atomic E-state index is 13.3. The average molecular weight is 481 g/mol. The van der Waals surface area contributed by atoms with Gasteiger partial charge in [0.15, 0.2) is 0 Å². The predicted molar refractivity (Wildman–Crippen MR) is 110 cm³/mol. The van der Waals surface area contributed by atoms with E-state index in [0.29, 0.717) is 6.42 Å². The van der Waals surface area contributed by atoms with Crippen molar-refractivity contribution >= 4 is 40.1 Å². The van der Waals surface area contributed by atoms with Gasteiger partial charge in [0.2, 0.25) is 11.8 Å². The summed E-state index contributed by atoms with van der Waals surface area (Å²) in [5, 5.41) is 13.8. The Morgan fingerprint density at radius 1 is 1.18 bits per heavy atom. The molecule has 2 saturated heterocycles. The molecule has 3 rings (SSSR count). The molecule has 13 nitrogen and oxygen atoms in total. The van der Waals surface area contributed by atoms with Gasteiger partial charge in [0.25, 0.3) is 10.0 Å². The summed E-state index contributed by atoms with van der Waals surface area (Å²) in [5.74, 6) is -2.62. The van der Waals surface area contributed by atoms with Gasteiger partial charge in [-0.05, 0) is 25.0 Å². The number of aliphatic carboxylic acids is 1. The van der Waals surface area contributed by atoms with E-state index in [9.17, 15) is 32.4 Å². The van der Waals surface area contributed by atoms with Crippen LogP contribution in [0.2, 0.25) is 0 Å². The third kappa shape index (κ3) is 5.46. The van der Waals surface area contributed by atoms with Crippen LogP contribution in [0.4, 0.5) is 4.79 Å². The number of benzene rings is 1. The summed E-state index contributed by atoms with van der Waals surface area (Å²) in [5.41, 5.74) is 0. The van der Waals surface area contributed by atoms with Crippen LogP contribution in [0, 0.1) is 0 Å². The third-order valence-electron chi connectivity index (χ3n) is 5.14. The number of rotatable bonds is 8. The third-order valence-corrected chi connectivity index (χ3v) is 6.49. The number of fused-ring (bicyclic) bond motifs is 1. The van der Waals surface area contributed by atoms with Crippen LogP contribution >= 0.6 is 0 Å². The van der Waals surface area contributed by atoms with Crippen LogP contribution in [0.1, 0.15) is 25.7 Å². The second kappa shape index (κ2) is 9.95. The number of nitrogens with one attached hydrogen (secondary N) is 2. The van der Waals surface area contributed by atoms with Gasteiger partial charge in [0.1, 0.15) is 12.3 Å². The van der Waals surface area contributed by atoms with Gasteiger partial charge in [-0.25, -0.2) is 28.2 Å². The second-order valence-corrected chi connectivity index (χ2v) is 9.12. The molecule has 0 saturated carbocycles. The Morgan fingerprint density at radius 2 is 1.88 bits per heavy atom. The van der Waals surface area contributed by atoms with Crippen LogP contribution in [-0.4, -0.2) is 83.8 Å². The van der Waals surface area contributed by atoms with Crippen LogP contribution in [-0.2, 0) is 29.2 Å². The van der Waals surface area contributed by atoms with Gasteiger partial charge in [-0.2, -0.15) is 0 Å². The van der Waals surface area contributed by atoms with Crippen molar-refractivity contribution in [2.24, 2.45) is 0 Å². The Bertz CT molecular complexity index is 1050. The molecule has 0 bridgehead atoms. The highest BCUT2D eigenvalue weighted by atomic mass is 32.2. The Labute approximate surface area is 189 Å². The maximum Gasteiger partial charge on any atom is 0.354 e. The topological polar surface area (TPSA) is 174 Å². The average Bonchev–Trinajstić information content (AvgIpc) is 2.90. The summed E-state index contributed by atoms with van der Waals surface area (Å²) >= 11 is 0. The molecule has 2 atom stereocenters. The van der Waals surface area contributed by atoms with Crippen molar-refractivity contribution in [3.8, 4) is 0 Å². The highest BCUT2D eigenvalue weighted by Crippen LogP contribution is 2.24. The zero-order valence-electron chi connectivity index (χ0n) is 17.4. The predicted octanol–water partition coefficient (Wildman–Crippen LogP) is -0.928. The SMILES string of the molecule is O=C[C@H](CC(=O)O)NC(=O)[C@@H]1CCCN2C(=O)CCN(NS(=O)(=O)c3ccccc3)C(=O)N12. The van der Waals surface area contributed by atoms with Crippen molar-refractivity contribution in [2.75, 3.05) is 13.1 Å². The Morgan fingerprint density at radius 3 is 2.52 bits per heavy atom. The van der Waals surface area contributed by atoms with Crippen molar-refractivity contribution in [3.05, 3.63) is 30.3 Å². The van der Waals surface area contributed by atoms with Gasteiger partial charge in [-0.3, -0.25) is 14.4 Å². The summed E-state index contributed by atoms with van der Waals surface area (Å²) in [6.07, 6.45) is -0.0823. The summed E-state index contributed by atoms with van der Waals surface area (Å²) in [4.78, 5) is 62.8. The molecule has 2 aliphatic rings. The highest BCUT2D eigenvalue weighted by molar-refractivity contribution is 7.89. The molecule has 0 aromatic heterocycles. The molecule has 0 aliphatic carbocycles. The summed E-state index contributed by atoms with van der Waals surface area (Å²) in [6.45, 7) is -0.124. The zero-order chi connectivity index (χ0) is 24.2. The number of nitrogens with zero attached hydrogens (tertiary/aromatic N) is 3. The molecule has 4 amide bonds. The molecule has 14 heteroatoms. The van der Waals surface area contributed by atoms with E-state index in [1.807, 2.05) is 0 Å². The smallest absolute Gasteiger partial charge is 0.354 e. The van der Waals surface area contributed by atoms with E-state index in [1.165, 1.54) is 24.3 Å². The maximum absolute atomic E-state index is 13.3. The number of hydrazine groups is 2. The molecular weight excluding hydrogens is 458 g/mol. The molecule has 2 heterocycles. The van der Waals surface area contributed by atoms with Crippen LogP contribution in [0.5, 0.6) is 0 Å². The lowest BCUT2D eigenvalue weighted by Gasteiger charge is -2.42. The molecule has 0 spiro atoms. The van der Waals surface area contributed by atoms with Gasteiger partial charge in [-0.1, -0.05) is 18.2 Å². The lowest BCUT2D eigenvalue weighted by atomic mass is 10.1. The largest absolute Gasteiger partial charge is 0.481 e. The first-order valence-corrected chi connectivity index (χ1v) is 11.6. The fourth-order valence-corrected chi connectivity index (χ4v) is 4.67. The van der Waals surface area contributed by atoms with Gasteiger partial charge >= 0.3 is 12.0 Å². The monoisotopic (exact) mass is 481 g/mol. The standard InChI is InChI=1S/C19H23N5O8S/c25-12-13(11-17(27)28)20-18(29)15-7-4-9-23-16(26)8-10-22(19(30)24(15)23)21-33(31,32)14-5-2-1-3-6-14/h1-3,5-6,12-13,15,21H,4,7-11H2,(H,20,29)(H,27,28)/t13-,15-/m0/s1. The fourth-order valence-electron chi connectivity index (χ4n) is 3.59. The molecule has 2 fully saturated rings. The quantitative estimate of drug-likeness (QED) is 0.399. The number of carboxylic acid groups (broad SMARTS) is 1. The Kier molecular flexibility index (Phi) is 7.28. The summed E-state index contributed by atoms with van der Waals surface area (Å²) in [7, 11) is -4.15. The minimum Gasteiger partial charge on any atom is -0.481 e. The molecule has 178 valence electrons. The number of carbonyl (C=O) groups is 5. The number of carbonyl (C=O) groups excluding carboxylic acids is 4. The lowest BCUT2D eigenvalue weighted by molar-refractivity contribution is -0.155. The molecule has 2 aliphatic heterocycles. The van der Waals surface area contributed by atoms with Crippen molar-refractivity contribution in [2.45, 2.75) is 42.7 Å². The molecule has 1 aromatic carbocycles. The minimum atomic E-state index is -4.15. The van der Waals surface area contributed by atoms with Gasteiger partial charge in [0, 0.05) is 19.5 Å². The van der Waals surface area contributed by atoms with E-state index < -0.39 is 52.3 Å². The molecule has 0 unspecified atom stereocenters. The van der Waals surface area contributed by atoms with Crippen molar-refractivity contribution in [3.63, 3.8) is 0 Å². The van der Waals surface area contributed by atoms with Crippen molar-refractivity contribution < 1.29 is 37.5 Å². The summed E-state index contributed by atoms with van der Waals surface area (Å²) < 4.78 is 25.4. The first-order chi connectivity index (χ1) is 15.6. The van der Waals surface area contributed by atoms with Crippen molar-refractivity contribution in [1.29, 1.82) is 0 Å². The first-order valence-electron chi connectivity index (χ1n) is 10.1. The van der Waals surface area contributed by atoms with E-state index in [-0.39, 0.29) is 37.1 Å². The van der Waals surface area contributed by atoms with Gasteiger partial charge < -0.3 is 15.2 Å². The molecular formula is C19H23N5O8S. The van der Waals surface area contributed by atoms with Crippen LogP contribution < -0.4 is 10.1 Å². The molecule has 0 radical (unpaired) electrons. The van der Waals surface area contributed by atoms with E-state index in [0.717, 1.165) is 15.0 Å². The Balaban J connectivity index is 1.85. The van der Waals surface area contributed by atoms with Crippen LogP contribution in [0.3, 0.4) is 0 Å². The van der Waals surface area contributed by atoms with E-state index in [1.54, 1.807) is 6.07 Å². The number of sulfonamides is 1. The normalized spacial score (nSPS) is 20.0. The lowest BCUT2D eigenvalue weighted by Crippen LogP contribution is -2.64. The van der Waals surface area contributed by atoms with Gasteiger partial charge in [-0.15, -0.1) is 4.83 Å². The number of urea groups is 1. The number of hydrogen-bond acceptors (Lipinski definition) is 7. The molecule has 1 aromatic rings. The fraction of sp³-hybridized carbons (Fsp3) is 0.421. The van der Waals surface area contributed by atoms with Crippen LogP contribution in [0.15, 0.2) is 35.2 Å². The van der Waals surface area contributed by atoms with E-state index in [2.05, 4.69) is 10.1 Å². The molecule has 33 heavy (non-hydrogen) atoms. The summed E-state index contributed by atoms with van der Waals surface area (Å²) in [6, 6.07) is 3.80. The number of hydrogen-bond donors (Lipinski definition) is 3. The Hall–Kier alpha value is -3.52.